The van der Waals surface area contributed by atoms with Gasteiger partial charge >= 0.3 is 0 Å². The number of rotatable bonds is 3. The molecule has 0 saturated carbocycles. The molecule has 0 radical (unpaired) electrons. The zero-order chi connectivity index (χ0) is 14.9. The van der Waals surface area contributed by atoms with E-state index in [1.807, 2.05) is 6.92 Å². The van der Waals surface area contributed by atoms with Crippen LogP contribution in [0.15, 0.2) is 50.2 Å². The van der Waals surface area contributed by atoms with Crippen LogP contribution in [0.1, 0.15) is 5.56 Å². The van der Waals surface area contributed by atoms with Gasteiger partial charge in [-0.25, -0.2) is 12.8 Å². The molecule has 0 heterocycles. The Balaban J connectivity index is 2.38. The normalized spacial score (nSPS) is 11.4. The summed E-state index contributed by atoms with van der Waals surface area (Å²) in [7, 11) is -3.77. The fraction of sp³-hybridized carbons (Fsp3) is 0.0769. The molecule has 7 heteroatoms. The van der Waals surface area contributed by atoms with Crippen LogP contribution < -0.4 is 4.72 Å². The van der Waals surface area contributed by atoms with Crippen molar-refractivity contribution in [2.75, 3.05) is 4.72 Å². The SMILES string of the molecule is Cc1ccc(NS(=O)(=O)c2ccc(F)cc2Br)cc1Br. The molecule has 0 atom stereocenters. The van der Waals surface area contributed by atoms with Crippen molar-refractivity contribution in [3.8, 4) is 0 Å². The number of benzene rings is 2. The average molecular weight is 423 g/mol. The summed E-state index contributed by atoms with van der Waals surface area (Å²) in [6.45, 7) is 1.90. The largest absolute Gasteiger partial charge is 0.280 e. The van der Waals surface area contributed by atoms with Gasteiger partial charge in [-0.05, 0) is 58.7 Å². The summed E-state index contributed by atoms with van der Waals surface area (Å²) in [5.74, 6) is -0.506. The molecule has 0 amide bonds. The fourth-order valence-electron chi connectivity index (χ4n) is 1.56. The van der Waals surface area contributed by atoms with Gasteiger partial charge in [0.25, 0.3) is 10.0 Å². The van der Waals surface area contributed by atoms with E-state index in [9.17, 15) is 12.8 Å². The summed E-state index contributed by atoms with van der Waals surface area (Å²) in [6, 6.07) is 8.55. The lowest BCUT2D eigenvalue weighted by Crippen LogP contribution is -2.13. The zero-order valence-electron chi connectivity index (χ0n) is 10.3. The van der Waals surface area contributed by atoms with E-state index in [4.69, 9.17) is 0 Å². The van der Waals surface area contributed by atoms with E-state index in [1.54, 1.807) is 18.2 Å². The predicted molar refractivity (Wildman–Crippen MR) is 83.8 cm³/mol. The maximum Gasteiger partial charge on any atom is 0.263 e. The zero-order valence-corrected chi connectivity index (χ0v) is 14.3. The number of halogens is 3. The minimum atomic E-state index is -3.77. The van der Waals surface area contributed by atoms with Crippen LogP contribution in [-0.2, 0) is 10.0 Å². The lowest BCUT2D eigenvalue weighted by atomic mass is 10.2. The molecule has 3 nitrogen and oxygen atoms in total. The molecule has 0 aromatic heterocycles. The van der Waals surface area contributed by atoms with Gasteiger partial charge in [-0.15, -0.1) is 0 Å². The summed E-state index contributed by atoms with van der Waals surface area (Å²) in [5.41, 5.74) is 1.43. The highest BCUT2D eigenvalue weighted by atomic mass is 79.9. The predicted octanol–water partition coefficient (Wildman–Crippen LogP) is 4.46. The second kappa shape index (κ2) is 5.83. The van der Waals surface area contributed by atoms with Crippen LogP contribution in [0.25, 0.3) is 0 Å². The first-order valence-electron chi connectivity index (χ1n) is 5.53. The van der Waals surface area contributed by atoms with Gasteiger partial charge < -0.3 is 0 Å². The van der Waals surface area contributed by atoms with Gasteiger partial charge in [0.15, 0.2) is 0 Å². The highest BCUT2D eigenvalue weighted by molar-refractivity contribution is 9.10. The Morgan fingerprint density at radius 1 is 1.05 bits per heavy atom. The van der Waals surface area contributed by atoms with Crippen LogP contribution in [0.5, 0.6) is 0 Å². The smallest absolute Gasteiger partial charge is 0.263 e. The minimum Gasteiger partial charge on any atom is -0.280 e. The molecule has 2 aromatic rings. The third-order valence-electron chi connectivity index (χ3n) is 2.61. The van der Waals surface area contributed by atoms with Crippen molar-refractivity contribution in [3.63, 3.8) is 0 Å². The molecule has 0 aliphatic carbocycles. The summed E-state index contributed by atoms with van der Waals surface area (Å²) in [4.78, 5) is -0.0180. The van der Waals surface area contributed by atoms with E-state index in [2.05, 4.69) is 36.6 Å². The molecule has 0 fully saturated rings. The molecule has 0 spiro atoms. The van der Waals surface area contributed by atoms with Gasteiger partial charge in [0.2, 0.25) is 0 Å². The third kappa shape index (κ3) is 3.39. The van der Waals surface area contributed by atoms with Crippen molar-refractivity contribution < 1.29 is 12.8 Å². The average Bonchev–Trinajstić information content (AvgIpc) is 2.33. The van der Waals surface area contributed by atoms with Crippen molar-refractivity contribution in [1.29, 1.82) is 0 Å². The van der Waals surface area contributed by atoms with Crippen molar-refractivity contribution in [3.05, 3.63) is 56.7 Å². The quantitative estimate of drug-likeness (QED) is 0.793. The van der Waals surface area contributed by atoms with Crippen LogP contribution in [0.4, 0.5) is 10.1 Å². The molecule has 0 unspecified atom stereocenters. The molecular weight excluding hydrogens is 413 g/mol. The highest BCUT2D eigenvalue weighted by Crippen LogP contribution is 2.27. The minimum absolute atomic E-state index is 0.0180. The van der Waals surface area contributed by atoms with Gasteiger partial charge in [-0.3, -0.25) is 4.72 Å². The van der Waals surface area contributed by atoms with Crippen LogP contribution in [0.3, 0.4) is 0 Å². The molecule has 1 N–H and O–H groups in total. The van der Waals surface area contributed by atoms with Gasteiger partial charge in [0.05, 0.1) is 0 Å². The summed E-state index contributed by atoms with van der Waals surface area (Å²) in [6.07, 6.45) is 0. The van der Waals surface area contributed by atoms with Crippen molar-refractivity contribution in [2.45, 2.75) is 11.8 Å². The molecule has 0 aliphatic rings. The number of sulfonamides is 1. The van der Waals surface area contributed by atoms with Gasteiger partial charge in [0, 0.05) is 14.6 Å². The maximum atomic E-state index is 13.0. The Hall–Kier alpha value is -0.920. The topological polar surface area (TPSA) is 46.2 Å². The number of hydrogen-bond acceptors (Lipinski definition) is 2. The maximum absolute atomic E-state index is 13.0. The van der Waals surface area contributed by atoms with E-state index in [0.29, 0.717) is 5.69 Å². The van der Waals surface area contributed by atoms with Crippen LogP contribution in [0, 0.1) is 12.7 Å². The summed E-state index contributed by atoms with van der Waals surface area (Å²) < 4.78 is 40.9. The van der Waals surface area contributed by atoms with Crippen LogP contribution >= 0.6 is 31.9 Å². The molecule has 106 valence electrons. The van der Waals surface area contributed by atoms with Gasteiger partial charge in [-0.1, -0.05) is 22.0 Å². The van der Waals surface area contributed by atoms with E-state index in [-0.39, 0.29) is 9.37 Å². The Bertz CT molecular complexity index is 763. The second-order valence-corrected chi connectivity index (χ2v) is 7.50. The highest BCUT2D eigenvalue weighted by Gasteiger charge is 2.18. The number of hydrogen-bond donors (Lipinski definition) is 1. The first kappa shape index (κ1) is 15.5. The Morgan fingerprint density at radius 3 is 2.35 bits per heavy atom. The Morgan fingerprint density at radius 2 is 1.75 bits per heavy atom. The van der Waals surface area contributed by atoms with Crippen LogP contribution in [-0.4, -0.2) is 8.42 Å². The van der Waals surface area contributed by atoms with Crippen molar-refractivity contribution in [1.82, 2.24) is 0 Å². The molecule has 20 heavy (non-hydrogen) atoms. The van der Waals surface area contributed by atoms with Crippen molar-refractivity contribution in [2.24, 2.45) is 0 Å². The van der Waals surface area contributed by atoms with Crippen LogP contribution in [0.2, 0.25) is 0 Å². The lowest BCUT2D eigenvalue weighted by molar-refractivity contribution is 0.599. The van der Waals surface area contributed by atoms with E-state index >= 15 is 0 Å². The van der Waals surface area contributed by atoms with Crippen molar-refractivity contribution >= 4 is 47.6 Å². The van der Waals surface area contributed by atoms with E-state index < -0.39 is 15.8 Å². The first-order valence-corrected chi connectivity index (χ1v) is 8.60. The monoisotopic (exact) mass is 421 g/mol. The number of anilines is 1. The van der Waals surface area contributed by atoms with E-state index in [0.717, 1.165) is 22.2 Å². The lowest BCUT2D eigenvalue weighted by Gasteiger charge is -2.10. The fourth-order valence-corrected chi connectivity index (χ4v) is 4.04. The molecule has 0 bridgehead atoms. The number of nitrogens with one attached hydrogen (secondary N) is 1. The standard InChI is InChI=1S/C13H10Br2FNO2S/c1-8-2-4-10(7-11(8)14)17-20(18,19)13-5-3-9(16)6-12(13)15/h2-7,17H,1H3. The summed E-state index contributed by atoms with van der Waals surface area (Å²) in [5, 5.41) is 0. The second-order valence-electron chi connectivity index (χ2n) is 4.14. The Kier molecular flexibility index (Phi) is 4.51. The molecule has 0 saturated heterocycles. The third-order valence-corrected chi connectivity index (χ3v) is 5.82. The Labute approximate surface area is 133 Å². The van der Waals surface area contributed by atoms with Gasteiger partial charge in [0.1, 0.15) is 10.7 Å². The number of aryl methyl sites for hydroxylation is 1. The molecule has 2 rings (SSSR count). The molecule has 2 aromatic carbocycles. The van der Waals surface area contributed by atoms with Gasteiger partial charge in [-0.2, -0.15) is 0 Å². The summed E-state index contributed by atoms with van der Waals surface area (Å²) >= 11 is 6.39. The molecular formula is C13H10Br2FNO2S. The molecule has 0 aliphatic heterocycles. The first-order chi connectivity index (χ1) is 9.29. The van der Waals surface area contributed by atoms with E-state index in [1.165, 1.54) is 6.07 Å².